The number of hydrogen-bond acceptors (Lipinski definition) is 3. The van der Waals surface area contributed by atoms with Gasteiger partial charge in [0.1, 0.15) is 0 Å². The van der Waals surface area contributed by atoms with Crippen LogP contribution in [0.25, 0.3) is 0 Å². The summed E-state index contributed by atoms with van der Waals surface area (Å²) >= 11 is 0. The summed E-state index contributed by atoms with van der Waals surface area (Å²) in [5, 5.41) is 9.09. The van der Waals surface area contributed by atoms with Gasteiger partial charge in [0, 0.05) is 18.8 Å². The molecule has 3 heteroatoms. The predicted molar refractivity (Wildman–Crippen MR) is 114 cm³/mol. The molecule has 7 rings (SSSR count). The van der Waals surface area contributed by atoms with Gasteiger partial charge >= 0.3 is 0 Å². The van der Waals surface area contributed by atoms with Crippen molar-refractivity contribution < 1.29 is 9.47 Å². The summed E-state index contributed by atoms with van der Waals surface area (Å²) in [6.45, 7) is 9.45. The molecule has 0 aromatic heterocycles. The molecule has 0 amide bonds. The lowest BCUT2D eigenvalue weighted by Gasteiger charge is -2.62. The second-order valence-corrected chi connectivity index (χ2v) is 13.0. The van der Waals surface area contributed by atoms with Crippen LogP contribution in [0, 0.1) is 74.9 Å². The van der Waals surface area contributed by atoms with E-state index in [2.05, 4.69) is 26.8 Å². The quantitative estimate of drug-likeness (QED) is 0.592. The Morgan fingerprint density at radius 1 is 1.00 bits per heavy atom. The molecule has 2 spiro atoms. The van der Waals surface area contributed by atoms with Crippen molar-refractivity contribution in [3.63, 3.8) is 0 Å². The molecule has 1 saturated heterocycles. The van der Waals surface area contributed by atoms with Crippen molar-refractivity contribution in [2.45, 2.75) is 84.3 Å². The maximum Gasteiger partial charge on any atom is 0.172 e. The van der Waals surface area contributed by atoms with Crippen molar-refractivity contribution in [2.75, 3.05) is 13.2 Å². The van der Waals surface area contributed by atoms with Gasteiger partial charge < -0.3 is 9.47 Å². The minimum atomic E-state index is -0.175. The summed E-state index contributed by atoms with van der Waals surface area (Å²) in [6.07, 6.45) is 11.6. The van der Waals surface area contributed by atoms with Crippen LogP contribution in [0.4, 0.5) is 0 Å². The van der Waals surface area contributed by atoms with E-state index in [0.29, 0.717) is 22.2 Å². The smallest absolute Gasteiger partial charge is 0.172 e. The number of ether oxygens (including phenoxy) is 2. The van der Waals surface area contributed by atoms with Crippen LogP contribution in [0.3, 0.4) is 0 Å². The molecule has 3 nitrogen and oxygen atoms in total. The van der Waals surface area contributed by atoms with Gasteiger partial charge in [-0.1, -0.05) is 20.8 Å². The highest BCUT2D eigenvalue weighted by molar-refractivity contribution is 5.43. The van der Waals surface area contributed by atoms with E-state index >= 15 is 0 Å². The first-order valence-electron chi connectivity index (χ1n) is 13.1. The molecular weight excluding hydrogens is 370 g/mol. The zero-order chi connectivity index (χ0) is 20.5. The minimum Gasteiger partial charge on any atom is -0.347 e. The Morgan fingerprint density at radius 3 is 2.57 bits per heavy atom. The van der Waals surface area contributed by atoms with Crippen LogP contribution in [-0.4, -0.2) is 19.0 Å². The number of nitrogens with zero attached hydrogens (tertiary/aromatic N) is 1. The maximum atomic E-state index is 9.09. The van der Waals surface area contributed by atoms with Gasteiger partial charge in [-0.05, 0) is 103 Å². The molecule has 1 aliphatic heterocycles. The van der Waals surface area contributed by atoms with Crippen LogP contribution >= 0.6 is 0 Å². The minimum absolute atomic E-state index is 0.175. The van der Waals surface area contributed by atoms with Gasteiger partial charge in [-0.2, -0.15) is 5.26 Å². The number of fused-ring (bicyclic) bond motifs is 7. The third-order valence-electron chi connectivity index (χ3n) is 12.7. The van der Waals surface area contributed by atoms with E-state index in [1.54, 1.807) is 0 Å². The number of hydrogen-bond donors (Lipinski definition) is 0. The molecule has 1 heterocycles. The van der Waals surface area contributed by atoms with Crippen molar-refractivity contribution in [1.29, 1.82) is 5.26 Å². The molecule has 6 unspecified atom stereocenters. The van der Waals surface area contributed by atoms with E-state index in [4.69, 9.17) is 14.7 Å². The zero-order valence-corrected chi connectivity index (χ0v) is 19.2. The summed E-state index contributed by atoms with van der Waals surface area (Å²) in [5.41, 5.74) is 1.67. The summed E-state index contributed by atoms with van der Waals surface area (Å²) in [6, 6.07) is 2.40. The van der Waals surface area contributed by atoms with Crippen molar-refractivity contribution >= 4 is 0 Å². The lowest BCUT2D eigenvalue weighted by atomic mass is 9.44. The Balaban J connectivity index is 1.17. The van der Waals surface area contributed by atoms with Crippen molar-refractivity contribution in [1.82, 2.24) is 0 Å². The SMILES string of the molecule is C[C@H](CCC#N)C1CCC2C3CC4C5[C@H]6C7(CC[C@](C)(C3CC[C@@]21C)[C@]456)OCCO7. The second kappa shape index (κ2) is 5.66. The highest BCUT2D eigenvalue weighted by atomic mass is 16.7. The Labute approximate surface area is 182 Å². The average molecular weight is 410 g/mol. The fourth-order valence-corrected chi connectivity index (χ4v) is 11.7. The van der Waals surface area contributed by atoms with E-state index < -0.39 is 0 Å². The molecule has 6 aliphatic carbocycles. The third kappa shape index (κ3) is 1.86. The molecular formula is C27H39NO2. The van der Waals surface area contributed by atoms with Crippen LogP contribution in [0.5, 0.6) is 0 Å². The lowest BCUT2D eigenvalue weighted by Crippen LogP contribution is -2.58. The van der Waals surface area contributed by atoms with Gasteiger partial charge in [0.2, 0.25) is 0 Å². The first-order valence-corrected chi connectivity index (χ1v) is 13.1. The summed E-state index contributed by atoms with van der Waals surface area (Å²) in [4.78, 5) is 0. The van der Waals surface area contributed by atoms with Crippen molar-refractivity contribution in [3.05, 3.63) is 0 Å². The van der Waals surface area contributed by atoms with E-state index in [-0.39, 0.29) is 5.79 Å². The Morgan fingerprint density at radius 2 is 1.80 bits per heavy atom. The maximum absolute atomic E-state index is 9.09. The molecule has 30 heavy (non-hydrogen) atoms. The summed E-state index contributed by atoms with van der Waals surface area (Å²) in [5.74, 6) is 6.86. The van der Waals surface area contributed by atoms with Gasteiger partial charge in [-0.3, -0.25) is 0 Å². The fourth-order valence-electron chi connectivity index (χ4n) is 11.7. The highest BCUT2D eigenvalue weighted by Gasteiger charge is 2.98. The van der Waals surface area contributed by atoms with Crippen LogP contribution in [0.1, 0.15) is 78.6 Å². The highest BCUT2D eigenvalue weighted by Crippen LogP contribution is 2.99. The van der Waals surface area contributed by atoms with Gasteiger partial charge in [0.05, 0.1) is 19.3 Å². The molecule has 0 aromatic rings. The van der Waals surface area contributed by atoms with Crippen LogP contribution in [0.2, 0.25) is 0 Å². The molecule has 164 valence electrons. The van der Waals surface area contributed by atoms with Crippen LogP contribution in [-0.2, 0) is 9.47 Å². The molecule has 0 bridgehead atoms. The zero-order valence-electron chi connectivity index (χ0n) is 19.2. The Hall–Kier alpha value is -0.590. The molecule has 11 atom stereocenters. The average Bonchev–Trinajstić information content (AvgIpc) is 3.47. The molecule has 7 fully saturated rings. The summed E-state index contributed by atoms with van der Waals surface area (Å²) < 4.78 is 12.6. The first-order chi connectivity index (χ1) is 14.4. The molecule has 6 saturated carbocycles. The predicted octanol–water partition coefficient (Wildman–Crippen LogP) is 5.79. The standard InChI is InChI=1S/C27H39NO2/c1-16(5-4-12-28)18-6-7-19-17-15-21-22-23-26(29-13-14-30-26)11-10-25(3,27(21,22)23)20(17)8-9-24(18,19)2/h16-23H,4-11,13-15H2,1-3H3/t16-,17?,18?,19?,20?,21?,22?,23+,24-,25-,27-/m1/s1. The summed E-state index contributed by atoms with van der Waals surface area (Å²) in [7, 11) is 0. The van der Waals surface area contributed by atoms with Gasteiger partial charge in [-0.25, -0.2) is 0 Å². The van der Waals surface area contributed by atoms with E-state index in [1.807, 2.05) is 0 Å². The topological polar surface area (TPSA) is 42.2 Å². The van der Waals surface area contributed by atoms with E-state index in [9.17, 15) is 0 Å². The monoisotopic (exact) mass is 409 g/mol. The fraction of sp³-hybridized carbons (Fsp3) is 0.963. The largest absolute Gasteiger partial charge is 0.347 e. The number of rotatable bonds is 3. The lowest BCUT2D eigenvalue weighted by molar-refractivity contribution is -0.246. The van der Waals surface area contributed by atoms with Crippen molar-refractivity contribution in [2.24, 2.45) is 63.6 Å². The van der Waals surface area contributed by atoms with E-state index in [1.165, 1.54) is 38.5 Å². The van der Waals surface area contributed by atoms with E-state index in [0.717, 1.165) is 73.9 Å². The first kappa shape index (κ1) is 18.9. The molecule has 7 aliphatic rings. The van der Waals surface area contributed by atoms with Gasteiger partial charge in [0.15, 0.2) is 5.79 Å². The van der Waals surface area contributed by atoms with Crippen LogP contribution < -0.4 is 0 Å². The normalized spacial score (nSPS) is 59.5. The Kier molecular flexibility index (Phi) is 3.57. The third-order valence-corrected chi connectivity index (χ3v) is 12.7. The molecule has 0 aromatic carbocycles. The Bertz CT molecular complexity index is 812. The second-order valence-electron chi connectivity index (χ2n) is 13.0. The molecule has 0 radical (unpaired) electrons. The van der Waals surface area contributed by atoms with Crippen molar-refractivity contribution in [3.8, 4) is 6.07 Å². The van der Waals surface area contributed by atoms with Gasteiger partial charge in [0.25, 0.3) is 0 Å². The van der Waals surface area contributed by atoms with Crippen LogP contribution in [0.15, 0.2) is 0 Å². The number of nitriles is 1. The van der Waals surface area contributed by atoms with Gasteiger partial charge in [-0.15, -0.1) is 0 Å². The molecule has 0 N–H and O–H groups in total.